The number of rotatable bonds is 6. The normalized spacial score (nSPS) is 9.70. The molecular formula is C6H12O2S2. The van der Waals surface area contributed by atoms with Crippen LogP contribution in [0, 0.1) is 0 Å². The van der Waals surface area contributed by atoms with Gasteiger partial charge in [0, 0.05) is 12.2 Å². The van der Waals surface area contributed by atoms with Crippen LogP contribution in [0.3, 0.4) is 0 Å². The van der Waals surface area contributed by atoms with Gasteiger partial charge in [-0.3, -0.25) is 4.79 Å². The first-order valence-corrected chi connectivity index (χ1v) is 4.96. The van der Waals surface area contributed by atoms with Gasteiger partial charge in [-0.25, -0.2) is 0 Å². The van der Waals surface area contributed by atoms with Gasteiger partial charge >= 0.3 is 5.97 Å². The van der Waals surface area contributed by atoms with E-state index in [1.54, 1.807) is 11.8 Å². The quantitative estimate of drug-likeness (QED) is 0.480. The summed E-state index contributed by atoms with van der Waals surface area (Å²) in [5.41, 5.74) is 0. The largest absolute Gasteiger partial charge is 0.481 e. The molecule has 0 saturated heterocycles. The lowest BCUT2D eigenvalue weighted by molar-refractivity contribution is -0.137. The molecule has 0 radical (unpaired) electrons. The third kappa shape index (κ3) is 8.17. The Kier molecular flexibility index (Phi) is 7.40. The summed E-state index contributed by atoms with van der Waals surface area (Å²) in [7, 11) is 0. The van der Waals surface area contributed by atoms with Crippen LogP contribution in [0.2, 0.25) is 0 Å². The van der Waals surface area contributed by atoms with E-state index < -0.39 is 5.97 Å². The fourth-order valence-electron chi connectivity index (χ4n) is 0.492. The van der Waals surface area contributed by atoms with Crippen LogP contribution in [0.25, 0.3) is 0 Å². The number of thiol groups is 1. The minimum atomic E-state index is -0.702. The number of hydrogen-bond acceptors (Lipinski definition) is 3. The average Bonchev–Trinajstić information content (AvgIpc) is 1.87. The predicted molar refractivity (Wildman–Crippen MR) is 48.0 cm³/mol. The maximum atomic E-state index is 10.0. The minimum absolute atomic E-state index is 0.291. The highest BCUT2D eigenvalue weighted by atomic mass is 32.2. The number of thioether (sulfide) groups is 1. The van der Waals surface area contributed by atoms with Gasteiger partial charge in [-0.05, 0) is 17.9 Å². The van der Waals surface area contributed by atoms with Gasteiger partial charge in [-0.2, -0.15) is 24.4 Å². The smallest absolute Gasteiger partial charge is 0.303 e. The van der Waals surface area contributed by atoms with E-state index in [0.29, 0.717) is 6.42 Å². The summed E-state index contributed by atoms with van der Waals surface area (Å²) < 4.78 is 0. The van der Waals surface area contributed by atoms with E-state index in [9.17, 15) is 4.79 Å². The highest BCUT2D eigenvalue weighted by Crippen LogP contribution is 2.04. The Bertz CT molecular complexity index is 95.7. The summed E-state index contributed by atoms with van der Waals surface area (Å²) in [6.07, 6.45) is 1.06. The van der Waals surface area contributed by atoms with Gasteiger partial charge in [0.25, 0.3) is 0 Å². The van der Waals surface area contributed by atoms with Gasteiger partial charge in [0.15, 0.2) is 0 Å². The zero-order valence-corrected chi connectivity index (χ0v) is 7.46. The van der Waals surface area contributed by atoms with Gasteiger partial charge in [-0.15, -0.1) is 0 Å². The molecular weight excluding hydrogens is 168 g/mol. The molecule has 10 heavy (non-hydrogen) atoms. The van der Waals surface area contributed by atoms with Gasteiger partial charge in [0.2, 0.25) is 0 Å². The maximum Gasteiger partial charge on any atom is 0.303 e. The molecule has 0 aliphatic rings. The van der Waals surface area contributed by atoms with Crippen molar-refractivity contribution in [3.63, 3.8) is 0 Å². The fourth-order valence-corrected chi connectivity index (χ4v) is 1.56. The number of carboxylic acids is 1. The molecule has 0 aromatic heterocycles. The van der Waals surface area contributed by atoms with Crippen molar-refractivity contribution < 1.29 is 9.90 Å². The van der Waals surface area contributed by atoms with E-state index in [2.05, 4.69) is 12.6 Å². The van der Waals surface area contributed by atoms with Gasteiger partial charge in [0.1, 0.15) is 0 Å². The number of hydrogen-bond donors (Lipinski definition) is 2. The van der Waals surface area contributed by atoms with Crippen LogP contribution in [-0.2, 0) is 4.79 Å². The second-order valence-corrected chi connectivity index (χ2v) is 3.51. The summed E-state index contributed by atoms with van der Waals surface area (Å²) in [6, 6.07) is 0. The molecule has 2 nitrogen and oxygen atoms in total. The van der Waals surface area contributed by atoms with E-state index in [4.69, 9.17) is 5.11 Å². The molecule has 60 valence electrons. The Morgan fingerprint density at radius 1 is 1.50 bits per heavy atom. The van der Waals surface area contributed by atoms with E-state index >= 15 is 0 Å². The minimum Gasteiger partial charge on any atom is -0.481 e. The monoisotopic (exact) mass is 180 g/mol. The van der Waals surface area contributed by atoms with Crippen molar-refractivity contribution in [3.05, 3.63) is 0 Å². The third-order valence-corrected chi connectivity index (χ3v) is 2.51. The first-order chi connectivity index (χ1) is 4.77. The van der Waals surface area contributed by atoms with Crippen LogP contribution in [-0.4, -0.2) is 28.3 Å². The first kappa shape index (κ1) is 10.2. The average molecular weight is 180 g/mol. The van der Waals surface area contributed by atoms with Crippen LogP contribution in [0.1, 0.15) is 12.8 Å². The van der Waals surface area contributed by atoms with Crippen LogP contribution >= 0.6 is 24.4 Å². The fraction of sp³-hybridized carbons (Fsp3) is 0.833. The molecule has 0 saturated carbocycles. The van der Waals surface area contributed by atoms with Crippen LogP contribution < -0.4 is 0 Å². The number of carbonyl (C=O) groups is 1. The van der Waals surface area contributed by atoms with E-state index in [1.165, 1.54) is 0 Å². The highest BCUT2D eigenvalue weighted by Gasteiger charge is 1.94. The zero-order chi connectivity index (χ0) is 7.82. The molecule has 0 aliphatic heterocycles. The zero-order valence-electron chi connectivity index (χ0n) is 5.75. The molecule has 0 aliphatic carbocycles. The highest BCUT2D eigenvalue weighted by molar-refractivity contribution is 7.99. The van der Waals surface area contributed by atoms with Crippen molar-refractivity contribution in [2.75, 3.05) is 17.3 Å². The van der Waals surface area contributed by atoms with Crippen molar-refractivity contribution >= 4 is 30.4 Å². The molecule has 0 aromatic rings. The van der Waals surface area contributed by atoms with E-state index in [0.717, 1.165) is 23.7 Å². The maximum absolute atomic E-state index is 10.0. The van der Waals surface area contributed by atoms with Crippen molar-refractivity contribution in [1.82, 2.24) is 0 Å². The second kappa shape index (κ2) is 7.28. The standard InChI is InChI=1S/C6H12O2S2/c7-6(8)2-1-4-10-5-3-9/h9H,1-5H2,(H,7,8). The van der Waals surface area contributed by atoms with Gasteiger partial charge < -0.3 is 5.11 Å². The molecule has 0 bridgehead atoms. The van der Waals surface area contributed by atoms with Crippen molar-refractivity contribution in [2.24, 2.45) is 0 Å². The molecule has 0 unspecified atom stereocenters. The van der Waals surface area contributed by atoms with Crippen LogP contribution in [0.5, 0.6) is 0 Å². The molecule has 0 rings (SSSR count). The molecule has 4 heteroatoms. The van der Waals surface area contributed by atoms with Crippen molar-refractivity contribution in [1.29, 1.82) is 0 Å². The lowest BCUT2D eigenvalue weighted by Crippen LogP contribution is -1.95. The summed E-state index contributed by atoms with van der Waals surface area (Å²) >= 11 is 5.78. The first-order valence-electron chi connectivity index (χ1n) is 3.17. The molecule has 0 fully saturated rings. The molecule has 0 spiro atoms. The third-order valence-electron chi connectivity index (χ3n) is 0.915. The topological polar surface area (TPSA) is 37.3 Å². The Morgan fingerprint density at radius 2 is 2.20 bits per heavy atom. The Hall–Kier alpha value is 0.170. The molecule has 0 amide bonds. The van der Waals surface area contributed by atoms with Crippen molar-refractivity contribution in [2.45, 2.75) is 12.8 Å². The molecule has 0 aromatic carbocycles. The number of aliphatic carboxylic acids is 1. The molecule has 1 N–H and O–H groups in total. The lowest BCUT2D eigenvalue weighted by atomic mass is 10.3. The summed E-state index contributed by atoms with van der Waals surface area (Å²) in [4.78, 5) is 10.0. The van der Waals surface area contributed by atoms with E-state index in [-0.39, 0.29) is 0 Å². The number of carboxylic acid groups (broad SMARTS) is 1. The Balaban J connectivity index is 2.84. The van der Waals surface area contributed by atoms with E-state index in [1.807, 2.05) is 0 Å². The van der Waals surface area contributed by atoms with Gasteiger partial charge in [0.05, 0.1) is 0 Å². The van der Waals surface area contributed by atoms with Crippen molar-refractivity contribution in [3.8, 4) is 0 Å². The Labute approximate surface area is 70.8 Å². The van der Waals surface area contributed by atoms with Crippen LogP contribution in [0.4, 0.5) is 0 Å². The van der Waals surface area contributed by atoms with Gasteiger partial charge in [-0.1, -0.05) is 0 Å². The van der Waals surface area contributed by atoms with Crippen LogP contribution in [0.15, 0.2) is 0 Å². The lowest BCUT2D eigenvalue weighted by Gasteiger charge is -1.95. The summed E-state index contributed by atoms with van der Waals surface area (Å²) in [6.45, 7) is 0. The second-order valence-electron chi connectivity index (χ2n) is 1.83. The Morgan fingerprint density at radius 3 is 2.70 bits per heavy atom. The summed E-state index contributed by atoms with van der Waals surface area (Å²) in [5, 5.41) is 8.25. The predicted octanol–water partition coefficient (Wildman–Crippen LogP) is 1.51. The molecule has 0 atom stereocenters. The molecule has 0 heterocycles. The summed E-state index contributed by atoms with van der Waals surface area (Å²) in [5.74, 6) is 2.12. The SMILES string of the molecule is O=C(O)CCCSCCS.